The van der Waals surface area contributed by atoms with Crippen LogP contribution in [0.1, 0.15) is 0 Å². The Morgan fingerprint density at radius 2 is 0.930 bits per heavy atom. The van der Waals surface area contributed by atoms with E-state index in [1.54, 1.807) is 0 Å². The first-order chi connectivity index (χ1) is 28.3. The number of hydrogen-bond acceptors (Lipinski definition) is 1. The first-order valence-electron chi connectivity index (χ1n) is 19.5. The summed E-state index contributed by atoms with van der Waals surface area (Å²) in [4.78, 5) is 0. The van der Waals surface area contributed by atoms with Gasteiger partial charge in [0.15, 0.2) is 0 Å². The maximum absolute atomic E-state index is 2.52. The van der Waals surface area contributed by atoms with Crippen molar-refractivity contribution >= 4 is 75.1 Å². The molecule has 3 aromatic heterocycles. The van der Waals surface area contributed by atoms with E-state index in [9.17, 15) is 0 Å². The van der Waals surface area contributed by atoms with Crippen LogP contribution in [0.2, 0.25) is 0 Å². The van der Waals surface area contributed by atoms with Crippen LogP contribution in [0.3, 0.4) is 0 Å². The lowest BCUT2D eigenvalue weighted by atomic mass is 9.95. The van der Waals surface area contributed by atoms with Gasteiger partial charge in [-0.3, -0.25) is 0 Å². The van der Waals surface area contributed by atoms with E-state index in [-0.39, 0.29) is 0 Å². The second kappa shape index (κ2) is 12.7. The van der Waals surface area contributed by atoms with Crippen LogP contribution in [0, 0.1) is 0 Å². The van der Waals surface area contributed by atoms with Crippen molar-refractivity contribution in [2.45, 2.75) is 0 Å². The van der Waals surface area contributed by atoms with Crippen molar-refractivity contribution in [2.24, 2.45) is 0 Å². The minimum Gasteiger partial charge on any atom is -0.309 e. The highest BCUT2D eigenvalue weighted by atomic mass is 32.1. The summed E-state index contributed by atoms with van der Waals surface area (Å²) in [6, 6.07) is 75.6. The molecule has 0 amide bonds. The van der Waals surface area contributed by atoms with Gasteiger partial charge in [0.2, 0.25) is 0 Å². The Morgan fingerprint density at radius 3 is 1.75 bits per heavy atom. The second-order valence-corrected chi connectivity index (χ2v) is 15.9. The van der Waals surface area contributed by atoms with Crippen LogP contribution in [0.4, 0.5) is 0 Å². The Morgan fingerprint density at radius 1 is 0.333 bits per heavy atom. The van der Waals surface area contributed by atoms with Gasteiger partial charge in [0.05, 0.1) is 32.5 Å². The molecular weight excluding hydrogens is 709 g/mol. The van der Waals surface area contributed by atoms with Gasteiger partial charge in [-0.2, -0.15) is 0 Å². The summed E-state index contributed by atoms with van der Waals surface area (Å²) >= 11 is 1.89. The van der Waals surface area contributed by atoms with Crippen LogP contribution in [0.25, 0.3) is 109 Å². The van der Waals surface area contributed by atoms with E-state index in [2.05, 4.69) is 215 Å². The zero-order chi connectivity index (χ0) is 37.5. The molecule has 9 aromatic carbocycles. The van der Waals surface area contributed by atoms with E-state index in [1.165, 1.54) is 103 Å². The van der Waals surface area contributed by atoms with E-state index in [1.807, 2.05) is 11.3 Å². The van der Waals surface area contributed by atoms with Crippen LogP contribution < -0.4 is 0 Å². The molecule has 0 spiro atoms. The zero-order valence-corrected chi connectivity index (χ0v) is 31.7. The summed E-state index contributed by atoms with van der Waals surface area (Å²) in [7, 11) is 0. The number of aromatic nitrogens is 2. The molecule has 0 bridgehead atoms. The molecule has 266 valence electrons. The second-order valence-electron chi connectivity index (χ2n) is 14.9. The lowest BCUT2D eigenvalue weighted by Gasteiger charge is -2.14. The Labute approximate surface area is 333 Å². The van der Waals surface area contributed by atoms with Crippen molar-refractivity contribution in [1.29, 1.82) is 0 Å². The Bertz CT molecular complexity index is 3510. The van der Waals surface area contributed by atoms with Gasteiger partial charge in [0, 0.05) is 48.3 Å². The number of thiophene rings is 1. The molecule has 0 aliphatic heterocycles. The number of benzene rings is 9. The molecule has 0 radical (unpaired) electrons. The Kier molecular flexibility index (Phi) is 7.13. The van der Waals surface area contributed by atoms with Gasteiger partial charge in [-0.25, -0.2) is 0 Å². The maximum atomic E-state index is 2.52. The van der Waals surface area contributed by atoms with Crippen molar-refractivity contribution in [1.82, 2.24) is 9.13 Å². The van der Waals surface area contributed by atoms with Crippen LogP contribution in [-0.4, -0.2) is 9.13 Å². The molecule has 12 aromatic rings. The van der Waals surface area contributed by atoms with Crippen LogP contribution in [0.15, 0.2) is 206 Å². The van der Waals surface area contributed by atoms with Crippen LogP contribution >= 0.6 is 11.3 Å². The molecule has 0 unspecified atom stereocenters. The maximum Gasteiger partial charge on any atom is 0.0641 e. The van der Waals surface area contributed by atoms with Gasteiger partial charge in [-0.1, -0.05) is 158 Å². The highest BCUT2D eigenvalue weighted by molar-refractivity contribution is 7.26. The van der Waals surface area contributed by atoms with E-state index in [0.29, 0.717) is 0 Å². The fraction of sp³-hybridized carbons (Fsp3) is 0. The standard InChI is InChI=1S/C54H34N2S/c1-3-15-35(16-4-1)36-17-13-18-37(33-36)40-31-32-49(54-52(40)46-23-9-12-28-51(46)57-54)56-48-27-11-7-21-42(48)44-30-29-38(34-50(44)56)41-24-14-25-45-43-22-8-10-26-47(43)55(53(41)45)39-19-5-2-6-20-39/h1-34H. The quantitative estimate of drug-likeness (QED) is 0.166. The summed E-state index contributed by atoms with van der Waals surface area (Å²) in [5, 5.41) is 7.61. The van der Waals surface area contributed by atoms with Crippen molar-refractivity contribution in [3.8, 4) is 44.8 Å². The zero-order valence-electron chi connectivity index (χ0n) is 30.9. The van der Waals surface area contributed by atoms with E-state index in [0.717, 1.165) is 5.69 Å². The smallest absolute Gasteiger partial charge is 0.0641 e. The first kappa shape index (κ1) is 32.1. The molecule has 57 heavy (non-hydrogen) atoms. The number of hydrogen-bond donors (Lipinski definition) is 0. The van der Waals surface area contributed by atoms with Crippen molar-refractivity contribution < 1.29 is 0 Å². The number of rotatable bonds is 5. The number of fused-ring (bicyclic) bond motifs is 9. The molecule has 3 heterocycles. The minimum atomic E-state index is 1.16. The van der Waals surface area contributed by atoms with Gasteiger partial charge in [0.1, 0.15) is 0 Å². The van der Waals surface area contributed by atoms with Crippen molar-refractivity contribution in [3.63, 3.8) is 0 Å². The third-order valence-electron chi connectivity index (χ3n) is 11.7. The highest BCUT2D eigenvalue weighted by Crippen LogP contribution is 2.46. The van der Waals surface area contributed by atoms with Crippen LogP contribution in [-0.2, 0) is 0 Å². The summed E-state index contributed by atoms with van der Waals surface area (Å²) in [6.45, 7) is 0. The summed E-state index contributed by atoms with van der Waals surface area (Å²) in [5.41, 5.74) is 14.5. The fourth-order valence-electron chi connectivity index (χ4n) is 9.22. The fourth-order valence-corrected chi connectivity index (χ4v) is 10.5. The predicted molar refractivity (Wildman–Crippen MR) is 244 cm³/mol. The lowest BCUT2D eigenvalue weighted by Crippen LogP contribution is -1.96. The predicted octanol–water partition coefficient (Wildman–Crippen LogP) is 15.2. The van der Waals surface area contributed by atoms with Gasteiger partial charge in [-0.05, 0) is 76.3 Å². The molecule has 0 saturated heterocycles. The molecule has 0 fully saturated rings. The molecular formula is C54H34N2S. The van der Waals surface area contributed by atoms with Gasteiger partial charge < -0.3 is 9.13 Å². The molecule has 12 rings (SSSR count). The van der Waals surface area contributed by atoms with Crippen molar-refractivity contribution in [3.05, 3.63) is 206 Å². The Hall–Kier alpha value is -7.20. The molecule has 0 aliphatic rings. The summed E-state index contributed by atoms with van der Waals surface area (Å²) in [5.74, 6) is 0. The molecule has 0 aliphatic carbocycles. The lowest BCUT2D eigenvalue weighted by molar-refractivity contribution is 1.18. The topological polar surface area (TPSA) is 9.86 Å². The molecule has 0 atom stereocenters. The van der Waals surface area contributed by atoms with E-state index in [4.69, 9.17) is 0 Å². The largest absolute Gasteiger partial charge is 0.309 e. The highest BCUT2D eigenvalue weighted by Gasteiger charge is 2.21. The van der Waals surface area contributed by atoms with E-state index < -0.39 is 0 Å². The molecule has 0 N–H and O–H groups in total. The minimum absolute atomic E-state index is 1.16. The average molecular weight is 743 g/mol. The van der Waals surface area contributed by atoms with Crippen LogP contribution in [0.5, 0.6) is 0 Å². The SMILES string of the molecule is c1ccc(-c2cccc(-c3ccc(-n4c5ccccc5c5ccc(-c6cccc7c8ccccc8n(-c8ccccc8)c67)cc54)c4sc5ccccc5c34)c2)cc1. The third kappa shape index (κ3) is 4.89. The van der Waals surface area contributed by atoms with Gasteiger partial charge >= 0.3 is 0 Å². The normalized spacial score (nSPS) is 11.9. The monoisotopic (exact) mass is 742 g/mol. The first-order valence-corrected chi connectivity index (χ1v) is 20.3. The van der Waals surface area contributed by atoms with Gasteiger partial charge in [0.25, 0.3) is 0 Å². The molecule has 2 nitrogen and oxygen atoms in total. The number of nitrogens with zero attached hydrogens (tertiary/aromatic N) is 2. The van der Waals surface area contributed by atoms with Gasteiger partial charge in [-0.15, -0.1) is 11.3 Å². The third-order valence-corrected chi connectivity index (χ3v) is 12.9. The molecule has 0 saturated carbocycles. The number of para-hydroxylation sites is 4. The summed E-state index contributed by atoms with van der Waals surface area (Å²) < 4.78 is 7.54. The Balaban J connectivity index is 1.13. The molecule has 3 heteroatoms. The van der Waals surface area contributed by atoms with E-state index >= 15 is 0 Å². The summed E-state index contributed by atoms with van der Waals surface area (Å²) in [6.07, 6.45) is 0. The average Bonchev–Trinajstić information content (AvgIpc) is 3.95. The van der Waals surface area contributed by atoms with Crippen molar-refractivity contribution in [2.75, 3.05) is 0 Å².